The highest BCUT2D eigenvalue weighted by Crippen LogP contribution is 2.41. The molecule has 1 unspecified atom stereocenters. The molecule has 2 heteroatoms. The summed E-state index contributed by atoms with van der Waals surface area (Å²) < 4.78 is 9.25. The molecular weight excluding hydrogens is 546 g/mol. The van der Waals surface area contributed by atoms with E-state index in [0.29, 0.717) is 5.92 Å². The van der Waals surface area contributed by atoms with Crippen LogP contribution in [-0.2, 0) is 12.8 Å². The average molecular weight is 590 g/mol. The SMILES string of the molecule is C=CCc1cccc(-c2ccc3oc4c(-n5c6ccccc6c6cc(C(C)CC)ccc65)cc(CCCCCC)cc4c3c2)c1. The van der Waals surface area contributed by atoms with Crippen molar-refractivity contribution in [1.82, 2.24) is 4.57 Å². The van der Waals surface area contributed by atoms with Crippen LogP contribution < -0.4 is 0 Å². The van der Waals surface area contributed by atoms with E-state index in [1.165, 1.54) is 86.1 Å². The third kappa shape index (κ3) is 5.37. The zero-order valence-corrected chi connectivity index (χ0v) is 26.9. The predicted molar refractivity (Wildman–Crippen MR) is 194 cm³/mol. The van der Waals surface area contributed by atoms with Crippen LogP contribution in [-0.4, -0.2) is 4.57 Å². The van der Waals surface area contributed by atoms with Gasteiger partial charge in [-0.3, -0.25) is 0 Å². The summed E-state index contributed by atoms with van der Waals surface area (Å²) in [7, 11) is 0. The van der Waals surface area contributed by atoms with Crippen LogP contribution in [0, 0.1) is 0 Å². The van der Waals surface area contributed by atoms with E-state index >= 15 is 0 Å². The minimum atomic E-state index is 0.525. The number of aryl methyl sites for hydroxylation is 1. The summed E-state index contributed by atoms with van der Waals surface area (Å²) >= 11 is 0. The van der Waals surface area contributed by atoms with Gasteiger partial charge in [0.2, 0.25) is 0 Å². The van der Waals surface area contributed by atoms with Gasteiger partial charge in [0, 0.05) is 21.5 Å². The molecule has 7 aromatic rings. The summed E-state index contributed by atoms with van der Waals surface area (Å²) in [4.78, 5) is 0. The first-order valence-electron chi connectivity index (χ1n) is 16.8. The van der Waals surface area contributed by atoms with Crippen molar-refractivity contribution in [2.75, 3.05) is 0 Å². The number of furan rings is 1. The Kier molecular flexibility index (Phi) is 8.06. The number of aromatic nitrogens is 1. The molecule has 7 rings (SSSR count). The molecule has 0 aliphatic carbocycles. The number of hydrogen-bond donors (Lipinski definition) is 0. The lowest BCUT2D eigenvalue weighted by molar-refractivity contribution is 0.662. The van der Waals surface area contributed by atoms with Gasteiger partial charge >= 0.3 is 0 Å². The number of allylic oxidation sites excluding steroid dienone is 1. The van der Waals surface area contributed by atoms with Crippen LogP contribution >= 0.6 is 0 Å². The molecule has 0 aliphatic rings. The van der Waals surface area contributed by atoms with Gasteiger partial charge in [0.1, 0.15) is 5.58 Å². The van der Waals surface area contributed by atoms with Crippen LogP contribution in [0.4, 0.5) is 0 Å². The minimum Gasteiger partial charge on any atom is -0.454 e. The van der Waals surface area contributed by atoms with Crippen molar-refractivity contribution in [3.63, 3.8) is 0 Å². The highest BCUT2D eigenvalue weighted by molar-refractivity contribution is 6.13. The van der Waals surface area contributed by atoms with Gasteiger partial charge in [0.25, 0.3) is 0 Å². The molecule has 0 radical (unpaired) electrons. The van der Waals surface area contributed by atoms with Crippen molar-refractivity contribution in [1.29, 1.82) is 0 Å². The van der Waals surface area contributed by atoms with Crippen molar-refractivity contribution in [2.24, 2.45) is 0 Å². The van der Waals surface area contributed by atoms with Gasteiger partial charge in [0.15, 0.2) is 5.58 Å². The van der Waals surface area contributed by atoms with Crippen LogP contribution in [0.25, 0.3) is 60.6 Å². The first-order valence-corrected chi connectivity index (χ1v) is 16.8. The van der Waals surface area contributed by atoms with E-state index < -0.39 is 0 Å². The Morgan fingerprint density at radius 3 is 2.40 bits per heavy atom. The fourth-order valence-corrected chi connectivity index (χ4v) is 7.00. The van der Waals surface area contributed by atoms with Crippen molar-refractivity contribution in [3.05, 3.63) is 126 Å². The third-order valence-corrected chi connectivity index (χ3v) is 9.69. The highest BCUT2D eigenvalue weighted by atomic mass is 16.3. The zero-order chi connectivity index (χ0) is 30.9. The second-order valence-electron chi connectivity index (χ2n) is 12.7. The summed E-state index contributed by atoms with van der Waals surface area (Å²) in [5.41, 5.74) is 11.9. The van der Waals surface area contributed by atoms with Gasteiger partial charge in [-0.15, -0.1) is 6.58 Å². The van der Waals surface area contributed by atoms with E-state index in [0.717, 1.165) is 36.1 Å². The number of rotatable bonds is 11. The number of fused-ring (bicyclic) bond motifs is 6. The topological polar surface area (TPSA) is 18.1 Å². The van der Waals surface area contributed by atoms with E-state index in [9.17, 15) is 0 Å². The Labute approximate surface area is 267 Å². The normalized spacial score (nSPS) is 12.5. The number of benzene rings is 5. The van der Waals surface area contributed by atoms with Crippen molar-refractivity contribution >= 4 is 43.7 Å². The van der Waals surface area contributed by atoms with Crippen molar-refractivity contribution in [2.45, 2.75) is 71.6 Å². The number of unbranched alkanes of at least 4 members (excludes halogenated alkanes) is 3. The maximum absolute atomic E-state index is 6.80. The molecule has 5 aromatic carbocycles. The summed E-state index contributed by atoms with van der Waals surface area (Å²) in [6.45, 7) is 10.8. The molecule has 2 nitrogen and oxygen atoms in total. The summed E-state index contributed by atoms with van der Waals surface area (Å²) in [6.07, 6.45) is 10.0. The number of para-hydroxylation sites is 1. The lowest BCUT2D eigenvalue weighted by Crippen LogP contribution is -1.98. The molecule has 226 valence electrons. The van der Waals surface area contributed by atoms with Gasteiger partial charge in [0.05, 0.1) is 16.7 Å². The summed E-state index contributed by atoms with van der Waals surface area (Å²) in [5.74, 6) is 0.525. The van der Waals surface area contributed by atoms with E-state index in [1.54, 1.807) is 0 Å². The maximum atomic E-state index is 6.80. The number of nitrogens with zero attached hydrogens (tertiary/aromatic N) is 1. The smallest absolute Gasteiger partial charge is 0.159 e. The molecule has 1 atom stereocenters. The quantitative estimate of drug-likeness (QED) is 0.108. The fourth-order valence-electron chi connectivity index (χ4n) is 7.00. The predicted octanol–water partition coefficient (Wildman–Crippen LogP) is 12.7. The van der Waals surface area contributed by atoms with Crippen molar-refractivity contribution < 1.29 is 4.42 Å². The molecule has 0 aliphatic heterocycles. The Balaban J connectivity index is 1.47. The minimum absolute atomic E-state index is 0.525. The number of hydrogen-bond acceptors (Lipinski definition) is 1. The van der Waals surface area contributed by atoms with Crippen LogP contribution in [0.2, 0.25) is 0 Å². The Morgan fingerprint density at radius 2 is 1.56 bits per heavy atom. The van der Waals surface area contributed by atoms with E-state index in [-0.39, 0.29) is 0 Å². The van der Waals surface area contributed by atoms with E-state index in [1.807, 2.05) is 6.08 Å². The summed E-state index contributed by atoms with van der Waals surface area (Å²) in [5, 5.41) is 4.96. The van der Waals surface area contributed by atoms with Gasteiger partial charge in [-0.2, -0.15) is 0 Å². The first kappa shape index (κ1) is 29.2. The van der Waals surface area contributed by atoms with Crippen LogP contribution in [0.5, 0.6) is 0 Å². The Bertz CT molecular complexity index is 2160. The molecule has 0 N–H and O–H groups in total. The van der Waals surface area contributed by atoms with Crippen LogP contribution in [0.1, 0.15) is 75.5 Å². The second kappa shape index (κ2) is 12.4. The fraction of sp³-hybridized carbons (Fsp3) is 0.256. The lowest BCUT2D eigenvalue weighted by atomic mass is 9.97. The van der Waals surface area contributed by atoms with Crippen LogP contribution in [0.15, 0.2) is 114 Å². The average Bonchev–Trinajstić information content (AvgIpc) is 3.61. The molecule has 0 fully saturated rings. The first-order chi connectivity index (χ1) is 22.1. The molecule has 45 heavy (non-hydrogen) atoms. The van der Waals surface area contributed by atoms with Gasteiger partial charge in [-0.1, -0.05) is 101 Å². The molecule has 0 bridgehead atoms. The monoisotopic (exact) mass is 589 g/mol. The Morgan fingerprint density at radius 1 is 0.711 bits per heavy atom. The van der Waals surface area contributed by atoms with E-state index in [2.05, 4.69) is 129 Å². The Hall–Kier alpha value is -4.56. The standard InChI is InChI=1S/C43H43NO/c1-5-8-9-10-15-31-25-38-37-28-34(33-17-13-16-30(24-33)14-6-2)21-23-42(37)45-43(38)41(26-31)44-39-19-12-11-18-35(39)36-27-32(29(4)7-3)20-22-40(36)44/h6,11-13,16-29H,2,5,7-10,14-15H2,1,3-4H3. The highest BCUT2D eigenvalue weighted by Gasteiger charge is 2.20. The molecule has 0 saturated heterocycles. The van der Waals surface area contributed by atoms with Gasteiger partial charge < -0.3 is 8.98 Å². The van der Waals surface area contributed by atoms with Gasteiger partial charge in [-0.05, 0) is 102 Å². The molecule has 0 spiro atoms. The van der Waals surface area contributed by atoms with Crippen LogP contribution in [0.3, 0.4) is 0 Å². The molecular formula is C43H43NO. The zero-order valence-electron chi connectivity index (χ0n) is 26.9. The van der Waals surface area contributed by atoms with E-state index in [4.69, 9.17) is 4.42 Å². The third-order valence-electron chi connectivity index (χ3n) is 9.69. The summed E-state index contributed by atoms with van der Waals surface area (Å²) in [6, 6.07) is 36.2. The maximum Gasteiger partial charge on any atom is 0.159 e. The lowest BCUT2D eigenvalue weighted by Gasteiger charge is -2.13. The molecule has 2 heterocycles. The molecule has 0 saturated carbocycles. The largest absolute Gasteiger partial charge is 0.454 e. The molecule has 0 amide bonds. The molecule has 2 aromatic heterocycles. The second-order valence-corrected chi connectivity index (χ2v) is 12.7. The van der Waals surface area contributed by atoms with Crippen molar-refractivity contribution in [3.8, 4) is 16.8 Å². The van der Waals surface area contributed by atoms with Gasteiger partial charge in [-0.25, -0.2) is 0 Å².